The summed E-state index contributed by atoms with van der Waals surface area (Å²) in [6, 6.07) is 0. The lowest BCUT2D eigenvalue weighted by atomic mass is 9.58. The molecule has 0 spiro atoms. The number of hydrogen-bond donors (Lipinski definition) is 0. The van der Waals surface area contributed by atoms with E-state index in [1.807, 2.05) is 0 Å². The topological polar surface area (TPSA) is 35.5 Å². The normalized spacial score (nSPS) is 30.8. The summed E-state index contributed by atoms with van der Waals surface area (Å²) in [6.07, 6.45) is 8.43. The van der Waals surface area contributed by atoms with E-state index in [0.717, 1.165) is 19.3 Å². The lowest BCUT2D eigenvalue weighted by molar-refractivity contribution is -0.136. The number of carbonyl (C=O) groups is 1. The fourth-order valence-electron chi connectivity index (χ4n) is 3.69. The number of allylic oxidation sites excluding steroid dienone is 1. The molecule has 2 rings (SSSR count). The number of carbonyl (C=O) groups excluding carboxylic acids is 1. The van der Waals surface area contributed by atoms with Crippen molar-refractivity contribution in [2.24, 2.45) is 11.3 Å². The van der Waals surface area contributed by atoms with Crippen LogP contribution in [0.15, 0.2) is 11.6 Å². The van der Waals surface area contributed by atoms with Crippen molar-refractivity contribution < 1.29 is 13.6 Å². The van der Waals surface area contributed by atoms with E-state index in [1.165, 1.54) is 5.57 Å². The van der Waals surface area contributed by atoms with Crippen LogP contribution in [-0.2, 0) is 13.6 Å². The summed E-state index contributed by atoms with van der Waals surface area (Å²) in [6.45, 7) is 15.0. The van der Waals surface area contributed by atoms with E-state index in [0.29, 0.717) is 6.42 Å². The molecule has 0 aromatic rings. The first-order valence-corrected chi connectivity index (χ1v) is 15.8. The maximum absolute atomic E-state index is 13.1. The lowest BCUT2D eigenvalue weighted by Gasteiger charge is -2.47. The Morgan fingerprint density at radius 3 is 2.42 bits per heavy atom. The Morgan fingerprint density at radius 2 is 1.83 bits per heavy atom. The monoisotopic (exact) mass is 364 g/mol. The summed E-state index contributed by atoms with van der Waals surface area (Å²) in [5, 5.41) is 0. The molecule has 3 atom stereocenters. The molecule has 5 heteroatoms. The molecule has 0 aliphatic heterocycles. The molecular weight excluding hydrogens is 332 g/mol. The summed E-state index contributed by atoms with van der Waals surface area (Å²) in [7, 11) is -3.54. The minimum atomic E-state index is -1.80. The Balaban J connectivity index is 2.48. The lowest BCUT2D eigenvalue weighted by Crippen LogP contribution is -2.54. The van der Waals surface area contributed by atoms with E-state index >= 15 is 0 Å². The quantitative estimate of drug-likeness (QED) is 0.413. The molecule has 0 aromatic carbocycles. The zero-order valence-corrected chi connectivity index (χ0v) is 18.3. The molecule has 1 saturated carbocycles. The Bertz CT molecular complexity index is 586. The standard InChI is InChI=1S/C19H32O3Si2/c1-15-13-16-9-8-10-17(20)19(16,11-12-21-23(2,3)4)18(14-15)22-24(5,6)7/h14,16,18H,8-10,13H2,1-7H3/t16-,18+,19+/m0/s1. The van der Waals surface area contributed by atoms with Gasteiger partial charge in [-0.15, -0.1) is 0 Å². The van der Waals surface area contributed by atoms with Crippen LogP contribution in [0.2, 0.25) is 39.3 Å². The summed E-state index contributed by atoms with van der Waals surface area (Å²) in [5.74, 6) is 3.80. The van der Waals surface area contributed by atoms with Crippen molar-refractivity contribution in [1.82, 2.24) is 0 Å². The van der Waals surface area contributed by atoms with Crippen LogP contribution in [0, 0.1) is 23.4 Å². The average Bonchev–Trinajstić information content (AvgIpc) is 2.37. The van der Waals surface area contributed by atoms with Gasteiger partial charge in [-0.3, -0.25) is 4.79 Å². The van der Waals surface area contributed by atoms with Crippen LogP contribution in [-0.4, -0.2) is 28.5 Å². The predicted octanol–water partition coefficient (Wildman–Crippen LogP) is 4.72. The van der Waals surface area contributed by atoms with Gasteiger partial charge in [0.2, 0.25) is 0 Å². The van der Waals surface area contributed by atoms with E-state index in [4.69, 9.17) is 8.85 Å². The van der Waals surface area contributed by atoms with Crippen LogP contribution in [0.1, 0.15) is 32.6 Å². The molecule has 3 nitrogen and oxygen atoms in total. The molecule has 134 valence electrons. The van der Waals surface area contributed by atoms with Crippen molar-refractivity contribution in [3.63, 3.8) is 0 Å². The van der Waals surface area contributed by atoms with Gasteiger partial charge < -0.3 is 8.85 Å². The third-order valence-electron chi connectivity index (χ3n) is 4.61. The molecule has 0 unspecified atom stereocenters. The molecule has 0 radical (unpaired) electrons. The van der Waals surface area contributed by atoms with Crippen LogP contribution in [0.4, 0.5) is 0 Å². The zero-order valence-electron chi connectivity index (χ0n) is 16.3. The Kier molecular flexibility index (Phi) is 5.53. The molecule has 2 aliphatic rings. The Hall–Kier alpha value is -0.836. The van der Waals surface area contributed by atoms with E-state index in [9.17, 15) is 4.79 Å². The summed E-state index contributed by atoms with van der Waals surface area (Å²) >= 11 is 0. The molecule has 24 heavy (non-hydrogen) atoms. The molecular formula is C19H32O3Si2. The highest BCUT2D eigenvalue weighted by atomic mass is 28.4. The maximum atomic E-state index is 13.1. The van der Waals surface area contributed by atoms with Crippen molar-refractivity contribution in [2.45, 2.75) is 78.0 Å². The number of ketones is 1. The van der Waals surface area contributed by atoms with Crippen molar-refractivity contribution in [3.05, 3.63) is 11.6 Å². The number of Topliss-reactive ketones (excluding diaryl/α,β-unsaturated/α-hetero) is 1. The molecule has 2 aliphatic carbocycles. The van der Waals surface area contributed by atoms with Crippen molar-refractivity contribution >= 4 is 22.4 Å². The number of rotatable bonds is 3. The second kappa shape index (κ2) is 6.82. The van der Waals surface area contributed by atoms with E-state index in [-0.39, 0.29) is 17.8 Å². The Labute approximate surface area is 149 Å². The second-order valence-corrected chi connectivity index (χ2v) is 18.1. The van der Waals surface area contributed by atoms with Crippen LogP contribution in [0.25, 0.3) is 0 Å². The molecule has 0 amide bonds. The minimum Gasteiger partial charge on any atom is -0.501 e. The third-order valence-corrected chi connectivity index (χ3v) is 6.29. The zero-order chi connectivity index (χ0) is 18.2. The fourth-order valence-corrected chi connectivity index (χ4v) is 5.06. The SMILES string of the molecule is CC1=C[C@@H](O[Si](C)(C)C)[C@@]2(C#CO[Si](C)(C)C)C(=O)CCC[C@H]2C1. The molecule has 0 bridgehead atoms. The van der Waals surface area contributed by atoms with Gasteiger partial charge in [0.15, 0.2) is 14.1 Å². The first kappa shape index (κ1) is 19.5. The highest BCUT2D eigenvalue weighted by molar-refractivity contribution is 6.70. The van der Waals surface area contributed by atoms with Gasteiger partial charge in [-0.05, 0) is 77.3 Å². The van der Waals surface area contributed by atoms with E-state index in [1.54, 1.807) is 0 Å². The average molecular weight is 365 g/mol. The van der Waals surface area contributed by atoms with Crippen LogP contribution in [0.5, 0.6) is 0 Å². The molecule has 0 N–H and O–H groups in total. The van der Waals surface area contributed by atoms with Crippen molar-refractivity contribution in [2.75, 3.05) is 0 Å². The Morgan fingerprint density at radius 1 is 1.17 bits per heavy atom. The molecule has 0 saturated heterocycles. The predicted molar refractivity (Wildman–Crippen MR) is 104 cm³/mol. The van der Waals surface area contributed by atoms with Gasteiger partial charge in [0, 0.05) is 6.42 Å². The highest BCUT2D eigenvalue weighted by Gasteiger charge is 2.54. The second-order valence-electron chi connectivity index (χ2n) is 9.19. The van der Waals surface area contributed by atoms with E-state index < -0.39 is 22.0 Å². The highest BCUT2D eigenvalue weighted by Crippen LogP contribution is 2.49. The van der Waals surface area contributed by atoms with Crippen LogP contribution >= 0.6 is 0 Å². The third kappa shape index (κ3) is 4.41. The largest absolute Gasteiger partial charge is 0.501 e. The van der Waals surface area contributed by atoms with Crippen LogP contribution in [0.3, 0.4) is 0 Å². The first-order chi connectivity index (χ1) is 10.9. The van der Waals surface area contributed by atoms with Crippen LogP contribution < -0.4 is 0 Å². The smallest absolute Gasteiger partial charge is 0.255 e. The van der Waals surface area contributed by atoms with Gasteiger partial charge in [-0.25, -0.2) is 0 Å². The molecule has 0 heterocycles. The molecule has 0 aromatic heterocycles. The van der Waals surface area contributed by atoms with Gasteiger partial charge in [-0.2, -0.15) is 0 Å². The maximum Gasteiger partial charge on any atom is 0.255 e. The van der Waals surface area contributed by atoms with Gasteiger partial charge in [0.1, 0.15) is 5.41 Å². The minimum absolute atomic E-state index is 0.228. The summed E-state index contributed by atoms with van der Waals surface area (Å²) in [4.78, 5) is 13.1. The summed E-state index contributed by atoms with van der Waals surface area (Å²) in [5.41, 5.74) is 0.610. The first-order valence-electron chi connectivity index (χ1n) is 9.03. The van der Waals surface area contributed by atoms with Gasteiger partial charge >= 0.3 is 0 Å². The number of fused-ring (bicyclic) bond motifs is 1. The van der Waals surface area contributed by atoms with Gasteiger partial charge in [0.25, 0.3) is 8.32 Å². The molecule has 1 fully saturated rings. The van der Waals surface area contributed by atoms with Crippen molar-refractivity contribution in [3.8, 4) is 12.0 Å². The van der Waals surface area contributed by atoms with Crippen molar-refractivity contribution in [1.29, 1.82) is 0 Å². The number of hydrogen-bond acceptors (Lipinski definition) is 3. The van der Waals surface area contributed by atoms with Gasteiger partial charge in [0.05, 0.1) is 12.2 Å². The summed E-state index contributed by atoms with van der Waals surface area (Å²) < 4.78 is 12.3. The fraction of sp³-hybridized carbons (Fsp3) is 0.737. The van der Waals surface area contributed by atoms with E-state index in [2.05, 4.69) is 64.3 Å². The van der Waals surface area contributed by atoms with Gasteiger partial charge in [-0.1, -0.05) is 11.6 Å².